The molecule has 0 saturated carbocycles. The molecule has 1 aromatic carbocycles. The topological polar surface area (TPSA) is 73.8 Å². The first-order chi connectivity index (χ1) is 13.2. The normalized spacial score (nSPS) is 17.7. The second-order valence-electron chi connectivity index (χ2n) is 8.43. The average molecular weight is 537 g/mol. The SMILES string of the molecule is CN=C(NCc1ccccc1CS(=O)(=O)NC(C)C)N1CCC(CC(C)C)C1.I. The van der Waals surface area contributed by atoms with Crippen LogP contribution >= 0.6 is 24.0 Å². The zero-order valence-corrected chi connectivity index (χ0v) is 21.5. The van der Waals surface area contributed by atoms with Crippen molar-refractivity contribution in [2.75, 3.05) is 20.1 Å². The molecule has 1 aliphatic heterocycles. The number of rotatable bonds is 8. The predicted octanol–water partition coefficient (Wildman–Crippen LogP) is 3.58. The molecule has 166 valence electrons. The number of hydrogen-bond acceptors (Lipinski definition) is 3. The highest BCUT2D eigenvalue weighted by atomic mass is 127. The summed E-state index contributed by atoms with van der Waals surface area (Å²) in [4.78, 5) is 6.76. The highest BCUT2D eigenvalue weighted by molar-refractivity contribution is 14.0. The van der Waals surface area contributed by atoms with Gasteiger partial charge in [0, 0.05) is 32.7 Å². The zero-order chi connectivity index (χ0) is 20.7. The third-order valence-corrected chi connectivity index (χ3v) is 6.44. The zero-order valence-electron chi connectivity index (χ0n) is 18.3. The van der Waals surface area contributed by atoms with E-state index in [0.717, 1.165) is 36.1 Å². The lowest BCUT2D eigenvalue weighted by atomic mass is 9.97. The Hall–Kier alpha value is -0.870. The van der Waals surface area contributed by atoms with Crippen LogP contribution in [0.2, 0.25) is 0 Å². The molecule has 29 heavy (non-hydrogen) atoms. The Kier molecular flexibility index (Phi) is 10.9. The summed E-state index contributed by atoms with van der Waals surface area (Å²) in [6.07, 6.45) is 2.45. The van der Waals surface area contributed by atoms with Gasteiger partial charge in [0.15, 0.2) is 5.96 Å². The second kappa shape index (κ2) is 12.1. The van der Waals surface area contributed by atoms with Crippen LogP contribution < -0.4 is 10.0 Å². The molecule has 1 aromatic rings. The minimum Gasteiger partial charge on any atom is -0.352 e. The molecule has 1 heterocycles. The lowest BCUT2D eigenvalue weighted by Gasteiger charge is -2.23. The Bertz CT molecular complexity index is 766. The minimum atomic E-state index is -3.35. The Morgan fingerprint density at radius 1 is 1.21 bits per heavy atom. The van der Waals surface area contributed by atoms with E-state index >= 15 is 0 Å². The van der Waals surface area contributed by atoms with E-state index in [1.165, 1.54) is 12.8 Å². The summed E-state index contributed by atoms with van der Waals surface area (Å²) >= 11 is 0. The van der Waals surface area contributed by atoms with Gasteiger partial charge in [-0.2, -0.15) is 0 Å². The molecule has 0 amide bonds. The Labute approximate surface area is 194 Å². The fourth-order valence-electron chi connectivity index (χ4n) is 3.87. The van der Waals surface area contributed by atoms with E-state index in [1.54, 1.807) is 7.05 Å². The number of hydrogen-bond donors (Lipinski definition) is 2. The van der Waals surface area contributed by atoms with Crippen LogP contribution in [-0.2, 0) is 22.3 Å². The summed E-state index contributed by atoms with van der Waals surface area (Å²) < 4.78 is 27.3. The van der Waals surface area contributed by atoms with Crippen LogP contribution in [0.5, 0.6) is 0 Å². The third kappa shape index (κ3) is 8.80. The molecule has 1 saturated heterocycles. The number of nitrogens with zero attached hydrogens (tertiary/aromatic N) is 2. The summed E-state index contributed by atoms with van der Waals surface area (Å²) in [6.45, 7) is 10.8. The van der Waals surface area contributed by atoms with Gasteiger partial charge >= 0.3 is 0 Å². The van der Waals surface area contributed by atoms with E-state index in [2.05, 4.69) is 33.8 Å². The van der Waals surface area contributed by atoms with Crippen LogP contribution in [-0.4, -0.2) is 45.5 Å². The van der Waals surface area contributed by atoms with Crippen molar-refractivity contribution in [2.45, 2.75) is 58.9 Å². The van der Waals surface area contributed by atoms with Crippen molar-refractivity contribution in [3.63, 3.8) is 0 Å². The van der Waals surface area contributed by atoms with Crippen molar-refractivity contribution in [1.82, 2.24) is 14.9 Å². The molecule has 0 spiro atoms. The van der Waals surface area contributed by atoms with Crippen molar-refractivity contribution in [2.24, 2.45) is 16.8 Å². The second-order valence-corrected chi connectivity index (χ2v) is 10.2. The van der Waals surface area contributed by atoms with Gasteiger partial charge in [-0.25, -0.2) is 13.1 Å². The highest BCUT2D eigenvalue weighted by Crippen LogP contribution is 2.23. The number of nitrogens with one attached hydrogen (secondary N) is 2. The van der Waals surface area contributed by atoms with Gasteiger partial charge in [-0.15, -0.1) is 24.0 Å². The molecule has 8 heteroatoms. The summed E-state index contributed by atoms with van der Waals surface area (Å²) in [5.41, 5.74) is 1.80. The van der Waals surface area contributed by atoms with Crippen molar-refractivity contribution >= 4 is 40.0 Å². The van der Waals surface area contributed by atoms with Crippen molar-refractivity contribution in [3.05, 3.63) is 35.4 Å². The number of aliphatic imine (C=N–C) groups is 1. The monoisotopic (exact) mass is 536 g/mol. The van der Waals surface area contributed by atoms with Gasteiger partial charge < -0.3 is 10.2 Å². The van der Waals surface area contributed by atoms with Gasteiger partial charge in [-0.3, -0.25) is 4.99 Å². The van der Waals surface area contributed by atoms with Crippen LogP contribution in [0.25, 0.3) is 0 Å². The van der Waals surface area contributed by atoms with Crippen LogP contribution in [0, 0.1) is 11.8 Å². The number of sulfonamides is 1. The van der Waals surface area contributed by atoms with E-state index in [1.807, 2.05) is 38.1 Å². The summed E-state index contributed by atoms with van der Waals surface area (Å²) in [5, 5.41) is 3.43. The van der Waals surface area contributed by atoms with Crippen LogP contribution in [0.15, 0.2) is 29.3 Å². The predicted molar refractivity (Wildman–Crippen MR) is 132 cm³/mol. The number of guanidine groups is 1. The van der Waals surface area contributed by atoms with Gasteiger partial charge in [0.1, 0.15) is 0 Å². The number of likely N-dealkylation sites (tertiary alicyclic amines) is 1. The lowest BCUT2D eigenvalue weighted by molar-refractivity contribution is 0.403. The van der Waals surface area contributed by atoms with Crippen LogP contribution in [0.1, 0.15) is 51.7 Å². The maximum Gasteiger partial charge on any atom is 0.216 e. The van der Waals surface area contributed by atoms with Gasteiger partial charge in [-0.1, -0.05) is 38.1 Å². The fourth-order valence-corrected chi connectivity index (χ4v) is 5.36. The molecule has 0 aromatic heterocycles. The van der Waals surface area contributed by atoms with Gasteiger partial charge in [-0.05, 0) is 49.7 Å². The largest absolute Gasteiger partial charge is 0.352 e. The maximum atomic E-state index is 12.3. The molecule has 0 radical (unpaired) electrons. The number of benzene rings is 1. The van der Waals surface area contributed by atoms with Crippen molar-refractivity contribution in [1.29, 1.82) is 0 Å². The lowest BCUT2D eigenvalue weighted by Crippen LogP contribution is -2.40. The molecule has 1 aliphatic rings. The molecule has 0 bridgehead atoms. The van der Waals surface area contributed by atoms with E-state index in [9.17, 15) is 8.42 Å². The van der Waals surface area contributed by atoms with Gasteiger partial charge in [0.25, 0.3) is 0 Å². The quantitative estimate of drug-likeness (QED) is 0.303. The summed E-state index contributed by atoms with van der Waals surface area (Å²) in [6, 6.07) is 7.58. The Morgan fingerprint density at radius 3 is 2.45 bits per heavy atom. The molecular weight excluding hydrogens is 499 g/mol. The average Bonchev–Trinajstić information content (AvgIpc) is 3.02. The Balaban J connectivity index is 0.00000420. The standard InChI is InChI=1S/C21H36N4O2S.HI/c1-16(2)12-18-10-11-25(14-18)21(22-5)23-13-19-8-6-7-9-20(19)15-28(26,27)24-17(3)4;/h6-9,16-18,24H,10-15H2,1-5H3,(H,22,23);1H. The Morgan fingerprint density at radius 2 is 1.86 bits per heavy atom. The van der Waals surface area contributed by atoms with Gasteiger partial charge in [0.05, 0.1) is 5.75 Å². The molecule has 2 N–H and O–H groups in total. The maximum absolute atomic E-state index is 12.3. The summed E-state index contributed by atoms with van der Waals surface area (Å²) in [5.74, 6) is 2.32. The molecule has 1 unspecified atom stereocenters. The highest BCUT2D eigenvalue weighted by Gasteiger charge is 2.25. The first-order valence-corrected chi connectivity index (χ1v) is 11.9. The molecule has 6 nitrogen and oxygen atoms in total. The first kappa shape index (κ1) is 26.2. The van der Waals surface area contributed by atoms with E-state index in [-0.39, 0.29) is 35.8 Å². The smallest absolute Gasteiger partial charge is 0.216 e. The minimum absolute atomic E-state index is 0. The molecule has 1 fully saturated rings. The molecule has 1 atom stereocenters. The summed E-state index contributed by atoms with van der Waals surface area (Å²) in [7, 11) is -1.55. The first-order valence-electron chi connectivity index (χ1n) is 10.2. The third-order valence-electron chi connectivity index (χ3n) is 4.92. The van der Waals surface area contributed by atoms with Crippen LogP contribution in [0.4, 0.5) is 0 Å². The fraction of sp³-hybridized carbons (Fsp3) is 0.667. The number of halogens is 1. The van der Waals surface area contributed by atoms with E-state index in [0.29, 0.717) is 12.5 Å². The van der Waals surface area contributed by atoms with Gasteiger partial charge in [0.2, 0.25) is 10.0 Å². The van der Waals surface area contributed by atoms with Crippen molar-refractivity contribution < 1.29 is 8.42 Å². The van der Waals surface area contributed by atoms with Crippen molar-refractivity contribution in [3.8, 4) is 0 Å². The van der Waals surface area contributed by atoms with E-state index in [4.69, 9.17) is 0 Å². The van der Waals surface area contributed by atoms with Crippen LogP contribution in [0.3, 0.4) is 0 Å². The molecule has 0 aliphatic carbocycles. The van der Waals surface area contributed by atoms with E-state index < -0.39 is 10.0 Å². The molecular formula is C21H37IN4O2S. The molecule has 2 rings (SSSR count).